The molecule has 2 unspecified atom stereocenters. The normalized spacial score (nSPS) is 37.3. The molecule has 5 saturated carbocycles. The predicted molar refractivity (Wildman–Crippen MR) is 116 cm³/mol. The number of ether oxygens (including phenoxy) is 1. The molecular formula is C26H32FNO4. The highest BCUT2D eigenvalue weighted by atomic mass is 19.1. The van der Waals surface area contributed by atoms with E-state index in [9.17, 15) is 14.7 Å². The van der Waals surface area contributed by atoms with Crippen molar-refractivity contribution in [1.82, 2.24) is 4.90 Å². The maximum Gasteiger partial charge on any atom is 0.326 e. The van der Waals surface area contributed by atoms with Crippen molar-refractivity contribution >= 4 is 11.9 Å². The fourth-order valence-corrected chi connectivity index (χ4v) is 7.70. The standard InChI is InChI=1S/C26H32FNO4/c1-14-2-5-22(25(30)31)28(14)24(29)20-9-19(17-3-4-17)23(10-21(20)27)32-13-26-11-15-6-16(12-26)8-18(26)7-15/h9-10,14-18,22H,2-8,11-13H2,1H3,(H,30,31)/t14-,15?,16?,18?,22-,26?/m0/s1. The SMILES string of the molecule is C[C@H]1CC[C@@H](C(=O)O)N1C(=O)c1cc(C2CC2)c(OCC23CC4CC(CC2C4)C3)cc1F. The molecule has 0 radical (unpaired) electrons. The summed E-state index contributed by atoms with van der Waals surface area (Å²) in [6, 6.07) is 1.96. The molecule has 1 N–H and O–H groups in total. The summed E-state index contributed by atoms with van der Waals surface area (Å²) in [5.74, 6) is 1.20. The number of amides is 1. The van der Waals surface area contributed by atoms with Gasteiger partial charge in [0.25, 0.3) is 5.91 Å². The Morgan fingerprint density at radius 3 is 2.50 bits per heavy atom. The third kappa shape index (κ3) is 3.16. The van der Waals surface area contributed by atoms with E-state index in [1.807, 2.05) is 6.92 Å². The Balaban J connectivity index is 1.27. The van der Waals surface area contributed by atoms with Gasteiger partial charge in [0.15, 0.2) is 0 Å². The third-order valence-corrected chi connectivity index (χ3v) is 9.21. The minimum absolute atomic E-state index is 0.0155. The number of carboxylic acid groups (broad SMARTS) is 1. The van der Waals surface area contributed by atoms with E-state index in [-0.39, 0.29) is 17.0 Å². The van der Waals surface area contributed by atoms with Gasteiger partial charge in [0.1, 0.15) is 17.6 Å². The summed E-state index contributed by atoms with van der Waals surface area (Å²) in [4.78, 5) is 26.2. The zero-order valence-corrected chi connectivity index (χ0v) is 18.7. The summed E-state index contributed by atoms with van der Waals surface area (Å²) in [6.07, 6.45) is 9.59. The largest absolute Gasteiger partial charge is 0.493 e. The van der Waals surface area contributed by atoms with Gasteiger partial charge in [-0.25, -0.2) is 9.18 Å². The average molecular weight is 442 g/mol. The van der Waals surface area contributed by atoms with Crippen LogP contribution in [0, 0.1) is 29.0 Å². The van der Waals surface area contributed by atoms with Gasteiger partial charge in [-0.3, -0.25) is 4.79 Å². The number of carboxylic acids is 1. The molecule has 5 nitrogen and oxygen atoms in total. The Labute approximate surface area is 188 Å². The van der Waals surface area contributed by atoms with Crippen LogP contribution in [-0.2, 0) is 4.79 Å². The van der Waals surface area contributed by atoms with Crippen LogP contribution >= 0.6 is 0 Å². The van der Waals surface area contributed by atoms with E-state index in [0.717, 1.165) is 36.2 Å². The predicted octanol–water partition coefficient (Wildman–Crippen LogP) is 4.99. The molecule has 1 aromatic rings. The lowest BCUT2D eigenvalue weighted by molar-refractivity contribution is -0.141. The fourth-order valence-electron chi connectivity index (χ4n) is 7.70. The van der Waals surface area contributed by atoms with Gasteiger partial charge in [0, 0.05) is 17.5 Å². The van der Waals surface area contributed by atoms with Crippen LogP contribution in [0.25, 0.3) is 0 Å². The zero-order valence-electron chi connectivity index (χ0n) is 18.7. The highest BCUT2D eigenvalue weighted by Gasteiger charge is 2.58. The van der Waals surface area contributed by atoms with Crippen molar-refractivity contribution in [2.75, 3.05) is 6.61 Å². The van der Waals surface area contributed by atoms with Crippen molar-refractivity contribution in [3.05, 3.63) is 29.1 Å². The number of carbonyl (C=O) groups is 2. The zero-order chi connectivity index (χ0) is 22.2. The van der Waals surface area contributed by atoms with Gasteiger partial charge in [-0.2, -0.15) is 0 Å². The van der Waals surface area contributed by atoms with Crippen LogP contribution in [0.1, 0.15) is 86.6 Å². The first-order valence-corrected chi connectivity index (χ1v) is 12.4. The number of benzene rings is 1. The minimum atomic E-state index is -1.02. The highest BCUT2D eigenvalue weighted by molar-refractivity contribution is 5.98. The molecule has 1 aromatic carbocycles. The summed E-state index contributed by atoms with van der Waals surface area (Å²) in [7, 11) is 0. The fraction of sp³-hybridized carbons (Fsp3) is 0.692. The number of likely N-dealkylation sites (tertiary alicyclic amines) is 1. The van der Waals surface area contributed by atoms with Gasteiger partial charge in [-0.05, 0) is 100 Å². The molecule has 1 aliphatic heterocycles. The molecule has 6 fully saturated rings. The molecule has 5 aliphatic carbocycles. The smallest absolute Gasteiger partial charge is 0.326 e. The first-order chi connectivity index (χ1) is 15.3. The highest BCUT2D eigenvalue weighted by Crippen LogP contribution is 2.65. The Kier molecular flexibility index (Phi) is 4.61. The van der Waals surface area contributed by atoms with Crippen LogP contribution in [0.3, 0.4) is 0 Å². The van der Waals surface area contributed by atoms with E-state index in [1.54, 1.807) is 6.07 Å². The second kappa shape index (κ2) is 7.19. The lowest BCUT2D eigenvalue weighted by atomic mass is 9.76. The van der Waals surface area contributed by atoms with Gasteiger partial charge in [-0.15, -0.1) is 0 Å². The summed E-state index contributed by atoms with van der Waals surface area (Å²) in [5.41, 5.74) is 1.17. The van der Waals surface area contributed by atoms with Gasteiger partial charge in [0.05, 0.1) is 12.2 Å². The number of aliphatic carboxylic acids is 1. The minimum Gasteiger partial charge on any atom is -0.493 e. The summed E-state index contributed by atoms with van der Waals surface area (Å²) in [5, 5.41) is 9.53. The number of carbonyl (C=O) groups excluding carboxylic acids is 1. The molecule has 32 heavy (non-hydrogen) atoms. The van der Waals surface area contributed by atoms with Gasteiger partial charge in [-0.1, -0.05) is 0 Å². The molecular weight excluding hydrogens is 409 g/mol. The van der Waals surface area contributed by atoms with Crippen LogP contribution in [-0.4, -0.2) is 40.6 Å². The monoisotopic (exact) mass is 441 g/mol. The molecule has 6 aliphatic rings. The molecule has 7 rings (SSSR count). The number of rotatable bonds is 6. The van der Waals surface area contributed by atoms with Crippen molar-refractivity contribution in [2.24, 2.45) is 23.2 Å². The van der Waals surface area contributed by atoms with E-state index in [4.69, 9.17) is 4.74 Å². The van der Waals surface area contributed by atoms with Gasteiger partial charge in [0.2, 0.25) is 0 Å². The number of halogens is 1. The van der Waals surface area contributed by atoms with Crippen molar-refractivity contribution in [3.63, 3.8) is 0 Å². The van der Waals surface area contributed by atoms with Crippen molar-refractivity contribution < 1.29 is 23.8 Å². The Bertz CT molecular complexity index is 959. The molecule has 4 atom stereocenters. The van der Waals surface area contributed by atoms with Crippen LogP contribution < -0.4 is 4.74 Å². The first-order valence-electron chi connectivity index (χ1n) is 12.4. The van der Waals surface area contributed by atoms with Gasteiger partial charge >= 0.3 is 5.97 Å². The molecule has 172 valence electrons. The van der Waals surface area contributed by atoms with Crippen LogP contribution in [0.15, 0.2) is 12.1 Å². The topological polar surface area (TPSA) is 66.8 Å². The van der Waals surface area contributed by atoms with Gasteiger partial charge < -0.3 is 14.7 Å². The first kappa shape index (κ1) is 20.5. The Morgan fingerprint density at radius 2 is 1.84 bits per heavy atom. The lowest BCUT2D eigenvalue weighted by Crippen LogP contribution is -2.44. The summed E-state index contributed by atoms with van der Waals surface area (Å²) < 4.78 is 21.6. The van der Waals surface area contributed by atoms with E-state index < -0.39 is 23.7 Å². The molecule has 1 amide bonds. The number of hydrogen-bond donors (Lipinski definition) is 1. The number of hydrogen-bond acceptors (Lipinski definition) is 3. The van der Waals surface area contributed by atoms with Crippen LogP contribution in [0.4, 0.5) is 4.39 Å². The van der Waals surface area contributed by atoms with E-state index in [1.165, 1.54) is 43.1 Å². The van der Waals surface area contributed by atoms with Crippen molar-refractivity contribution in [1.29, 1.82) is 0 Å². The second-order valence-electron chi connectivity index (χ2n) is 11.3. The Morgan fingerprint density at radius 1 is 1.12 bits per heavy atom. The molecule has 4 bridgehead atoms. The summed E-state index contributed by atoms with van der Waals surface area (Å²) >= 11 is 0. The second-order valence-corrected chi connectivity index (χ2v) is 11.3. The molecule has 0 spiro atoms. The van der Waals surface area contributed by atoms with Crippen LogP contribution in [0.2, 0.25) is 0 Å². The molecule has 1 saturated heterocycles. The van der Waals surface area contributed by atoms with E-state index >= 15 is 4.39 Å². The van der Waals surface area contributed by atoms with Crippen molar-refractivity contribution in [3.8, 4) is 5.75 Å². The van der Waals surface area contributed by atoms with Crippen LogP contribution in [0.5, 0.6) is 5.75 Å². The average Bonchev–Trinajstić information content (AvgIpc) is 3.41. The molecule has 6 heteroatoms. The summed E-state index contributed by atoms with van der Waals surface area (Å²) in [6.45, 7) is 2.49. The third-order valence-electron chi connectivity index (χ3n) is 9.21. The Hall–Kier alpha value is -2.11. The maximum absolute atomic E-state index is 15.2. The molecule has 1 heterocycles. The quantitative estimate of drug-likeness (QED) is 0.676. The van der Waals surface area contributed by atoms with E-state index in [0.29, 0.717) is 31.1 Å². The molecule has 0 aromatic heterocycles. The maximum atomic E-state index is 15.2. The number of nitrogens with zero attached hydrogens (tertiary/aromatic N) is 1. The lowest BCUT2D eigenvalue weighted by Gasteiger charge is -2.33. The van der Waals surface area contributed by atoms with E-state index in [2.05, 4.69) is 0 Å². The van der Waals surface area contributed by atoms with Crippen molar-refractivity contribution in [2.45, 2.75) is 82.7 Å².